The Balaban J connectivity index is 0.00000220. The van der Waals surface area contributed by atoms with Crippen molar-refractivity contribution >= 4 is 12.4 Å². The molecule has 3 fully saturated rings. The third kappa shape index (κ3) is 9.78. The fourth-order valence-electron chi connectivity index (χ4n) is 5.13. The summed E-state index contributed by atoms with van der Waals surface area (Å²) in [6.07, 6.45) is 13.7. The fraction of sp³-hybridized carbons (Fsp3) is 0.375. The zero-order valence-corrected chi connectivity index (χ0v) is 26.0. The Morgan fingerprint density at radius 2 is 1.07 bits per heavy atom. The molecule has 0 saturated carbocycles. The van der Waals surface area contributed by atoms with Crippen molar-refractivity contribution in [3.8, 4) is 11.5 Å². The van der Waals surface area contributed by atoms with E-state index in [4.69, 9.17) is 9.47 Å². The Labute approximate surface area is 263 Å². The Morgan fingerprint density at radius 1 is 0.650 bits per heavy atom. The van der Waals surface area contributed by atoms with Crippen molar-refractivity contribution in [3.05, 3.63) is 97.3 Å². The Morgan fingerprint density at radius 3 is 1.48 bits per heavy atom. The molecule has 3 aliphatic heterocycles. The predicted octanol–water partition coefficient (Wildman–Crippen LogP) is 4.60. The zero-order chi connectivity index (χ0) is 25.8. The van der Waals surface area contributed by atoms with Gasteiger partial charge in [-0.3, -0.25) is 0 Å². The molecule has 0 atom stereocenters. The Hall–Kier alpha value is -2.63. The summed E-state index contributed by atoms with van der Waals surface area (Å²) >= 11 is 0. The first-order valence-electron chi connectivity index (χ1n) is 14.0. The van der Waals surface area contributed by atoms with Gasteiger partial charge in [0.2, 0.25) is 0 Å². The molecule has 6 nitrogen and oxygen atoms in total. The number of nitrogens with zero attached hydrogens (tertiary/aromatic N) is 4. The Kier molecular flexibility index (Phi) is 13.7. The van der Waals surface area contributed by atoms with Gasteiger partial charge in [-0.2, -0.15) is 0 Å². The van der Waals surface area contributed by atoms with Gasteiger partial charge in [-0.25, -0.2) is 0 Å². The van der Waals surface area contributed by atoms with E-state index in [0.717, 1.165) is 63.6 Å². The standard InChI is InChI=1S/C32H40N4O2.2V/c1-3-11-31(12-4-1)37-27-25-35-17-7-9-29(35)15-19-33-21-23-34(24-22-33)20-16-30-10-8-18-36(30)26-28-38-32-13-5-2-6-14-32;;/h1-6,11-16,19-21,24H,7-10,17-18,22-23,25-28H2;;. The molecule has 2 aromatic carbocycles. The molecule has 0 spiro atoms. The quantitative estimate of drug-likeness (QED) is 0.289. The van der Waals surface area contributed by atoms with Gasteiger partial charge < -0.3 is 28.4 Å². The van der Waals surface area contributed by atoms with Crippen LogP contribution in [-0.4, -0.2) is 83.9 Å². The van der Waals surface area contributed by atoms with Crippen LogP contribution >= 0.6 is 0 Å². The third-order valence-corrected chi connectivity index (χ3v) is 7.25. The third-order valence-electron chi connectivity index (χ3n) is 7.25. The molecule has 0 aliphatic carbocycles. The zero-order valence-electron chi connectivity index (χ0n) is 23.2. The van der Waals surface area contributed by atoms with Gasteiger partial charge >= 0.3 is 0 Å². The molecule has 3 heterocycles. The van der Waals surface area contributed by atoms with Crippen LogP contribution in [0.1, 0.15) is 25.7 Å². The van der Waals surface area contributed by atoms with E-state index >= 15 is 0 Å². The largest absolute Gasteiger partial charge is 0.492 e. The summed E-state index contributed by atoms with van der Waals surface area (Å²) in [4.78, 5) is 4.91. The summed E-state index contributed by atoms with van der Waals surface area (Å²) in [6, 6.07) is 20.1. The van der Waals surface area contributed by atoms with Crippen molar-refractivity contribution in [2.75, 3.05) is 52.5 Å². The molecule has 0 aromatic heterocycles. The van der Waals surface area contributed by atoms with E-state index in [1.165, 1.54) is 24.2 Å². The second kappa shape index (κ2) is 17.2. The molecule has 2 aromatic rings. The molecular weight excluding hydrogens is 574 g/mol. The van der Waals surface area contributed by atoms with Crippen molar-refractivity contribution in [1.82, 2.24) is 9.80 Å². The number of para-hydroxylation sites is 2. The molecule has 0 bridgehead atoms. The van der Waals surface area contributed by atoms with Crippen molar-refractivity contribution in [2.45, 2.75) is 25.7 Å². The molecule has 0 unspecified atom stereocenters. The fourth-order valence-corrected chi connectivity index (χ4v) is 5.13. The van der Waals surface area contributed by atoms with Gasteiger partial charge in [-0.1, -0.05) is 48.6 Å². The second-order valence-electron chi connectivity index (χ2n) is 9.88. The average molecular weight is 615 g/mol. The van der Waals surface area contributed by atoms with Gasteiger partial charge in [0, 0.05) is 74.0 Å². The van der Waals surface area contributed by atoms with E-state index in [-0.39, 0.29) is 37.1 Å². The van der Waals surface area contributed by atoms with Gasteiger partial charge in [0.25, 0.3) is 0 Å². The second-order valence-corrected chi connectivity index (χ2v) is 9.88. The van der Waals surface area contributed by atoms with Gasteiger partial charge in [0.1, 0.15) is 37.8 Å². The van der Waals surface area contributed by atoms with Crippen molar-refractivity contribution in [1.29, 1.82) is 0 Å². The average Bonchev–Trinajstić information content (AvgIpc) is 3.62. The minimum Gasteiger partial charge on any atom is -0.492 e. The molecule has 3 aliphatic rings. The van der Waals surface area contributed by atoms with Crippen molar-refractivity contribution < 1.29 is 55.7 Å². The van der Waals surface area contributed by atoms with Gasteiger partial charge in [0.05, 0.1) is 26.2 Å². The molecule has 0 N–H and O–H groups in total. The molecule has 40 heavy (non-hydrogen) atoms. The summed E-state index contributed by atoms with van der Waals surface area (Å²) in [5, 5.41) is 0. The van der Waals surface area contributed by atoms with E-state index in [1.54, 1.807) is 0 Å². The maximum Gasteiger partial charge on any atom is 0.128 e. The topological polar surface area (TPSA) is 31.0 Å². The van der Waals surface area contributed by atoms with Crippen LogP contribution in [0.5, 0.6) is 11.5 Å². The molecule has 210 valence electrons. The first-order chi connectivity index (χ1) is 18.8. The smallest absolute Gasteiger partial charge is 0.128 e. The van der Waals surface area contributed by atoms with Crippen LogP contribution in [0, 0.1) is 13.1 Å². The van der Waals surface area contributed by atoms with Gasteiger partial charge in [-0.15, -0.1) is 0 Å². The van der Waals surface area contributed by atoms with E-state index in [1.807, 2.05) is 60.7 Å². The number of benzene rings is 2. The molecule has 3 saturated heterocycles. The number of rotatable bonds is 10. The summed E-state index contributed by atoms with van der Waals surface area (Å²) < 4.78 is 16.4. The van der Waals surface area contributed by atoms with Crippen molar-refractivity contribution in [3.63, 3.8) is 0 Å². The van der Waals surface area contributed by atoms with Gasteiger partial charge in [0.15, 0.2) is 0 Å². The van der Waals surface area contributed by atoms with E-state index in [9.17, 15) is 0 Å². The van der Waals surface area contributed by atoms with Crippen LogP contribution in [0.3, 0.4) is 0 Å². The molecular formula is C32H40N4O2V2. The first kappa shape index (κ1) is 31.9. The van der Waals surface area contributed by atoms with Crippen LogP contribution in [0.4, 0.5) is 0 Å². The molecule has 8 heteroatoms. The number of ether oxygens (including phenoxy) is 2. The first-order valence-corrected chi connectivity index (χ1v) is 14.0. The predicted molar refractivity (Wildman–Crippen MR) is 153 cm³/mol. The summed E-state index contributed by atoms with van der Waals surface area (Å²) in [7, 11) is 0. The molecule has 5 rings (SSSR count). The minimum atomic E-state index is 0. The van der Waals surface area contributed by atoms with E-state index in [0.29, 0.717) is 13.2 Å². The maximum absolute atomic E-state index is 5.90. The van der Waals surface area contributed by atoms with Crippen LogP contribution in [0.2, 0.25) is 0 Å². The van der Waals surface area contributed by atoms with Crippen LogP contribution in [0.15, 0.2) is 84.2 Å². The van der Waals surface area contributed by atoms with Crippen LogP contribution < -0.4 is 9.47 Å². The van der Waals surface area contributed by atoms with Crippen LogP contribution in [0.25, 0.3) is 0 Å². The molecule has 2 radical (unpaired) electrons. The summed E-state index contributed by atoms with van der Waals surface area (Å²) in [6.45, 7) is 11.8. The number of hydrogen-bond donors (Lipinski definition) is 0. The summed E-state index contributed by atoms with van der Waals surface area (Å²) in [5.41, 5.74) is 2.82. The number of allylic oxidation sites excluding steroid dienone is 4. The van der Waals surface area contributed by atoms with E-state index in [2.05, 4.69) is 56.6 Å². The minimum absolute atomic E-state index is 0. The SMILES string of the molecule is C(C=[N+]1[CH-]C[N+](=CC=C2CCCN2CCOc2ccccc2)[CH-]C1)=C1CCCN1CCOc1ccccc1.[V].[V]. The van der Waals surface area contributed by atoms with Crippen LogP contribution in [-0.2, 0) is 37.1 Å². The number of hydrogen-bond acceptors (Lipinski definition) is 4. The van der Waals surface area contributed by atoms with Gasteiger partial charge in [-0.05, 0) is 49.9 Å². The normalized spacial score (nSPS) is 20.7. The Bertz CT molecular complexity index is 1050. The maximum atomic E-state index is 5.90. The number of piperazine rings is 1. The van der Waals surface area contributed by atoms with E-state index < -0.39 is 0 Å². The molecule has 0 amide bonds. The van der Waals surface area contributed by atoms with Crippen molar-refractivity contribution in [2.24, 2.45) is 0 Å². The number of likely N-dealkylation sites (tertiary alicyclic amines) is 2. The summed E-state index contributed by atoms with van der Waals surface area (Å²) in [5.74, 6) is 1.88. The monoisotopic (exact) mass is 614 g/mol.